The van der Waals surface area contributed by atoms with Crippen LogP contribution in [0.3, 0.4) is 0 Å². The van der Waals surface area contributed by atoms with Crippen LogP contribution in [-0.2, 0) is 16.0 Å². The van der Waals surface area contributed by atoms with Crippen LogP contribution in [0.1, 0.15) is 64.7 Å². The molecule has 0 bridgehead atoms. The van der Waals surface area contributed by atoms with E-state index in [1.165, 1.54) is 5.56 Å². The first-order valence-electron chi connectivity index (χ1n) is 13.9. The van der Waals surface area contributed by atoms with Gasteiger partial charge in [0.1, 0.15) is 11.5 Å². The molecule has 7 nitrogen and oxygen atoms in total. The molecule has 1 amide bonds. The summed E-state index contributed by atoms with van der Waals surface area (Å²) >= 11 is 0. The number of ether oxygens (including phenoxy) is 2. The minimum absolute atomic E-state index is 0.107. The Morgan fingerprint density at radius 2 is 1.57 bits per heavy atom. The van der Waals surface area contributed by atoms with E-state index in [-0.39, 0.29) is 17.8 Å². The molecular formula is C33H43NO6. The summed E-state index contributed by atoms with van der Waals surface area (Å²) in [5.41, 5.74) is 3.89. The van der Waals surface area contributed by atoms with E-state index in [1.54, 1.807) is 30.9 Å². The Morgan fingerprint density at radius 3 is 2.08 bits per heavy atom. The van der Waals surface area contributed by atoms with Crippen LogP contribution < -0.4 is 9.47 Å². The maximum Gasteiger partial charge on any atom is 0.415 e. The molecule has 2 aromatic carbocycles. The lowest BCUT2D eigenvalue weighted by molar-refractivity contribution is -0.152. The molecule has 1 aliphatic heterocycles. The lowest BCUT2D eigenvalue weighted by atomic mass is 9.89. The molecule has 0 radical (unpaired) electrons. The Labute approximate surface area is 238 Å². The molecule has 216 valence electrons. The molecule has 0 aromatic heterocycles. The maximum atomic E-state index is 12.2. The van der Waals surface area contributed by atoms with Crippen molar-refractivity contribution in [1.82, 2.24) is 4.90 Å². The Balaban J connectivity index is 0.000000270. The first-order chi connectivity index (χ1) is 18.9. The molecule has 1 heterocycles. The van der Waals surface area contributed by atoms with Crippen molar-refractivity contribution in [3.8, 4) is 11.5 Å². The zero-order valence-corrected chi connectivity index (χ0v) is 25.0. The molecule has 2 aromatic rings. The third-order valence-corrected chi connectivity index (χ3v) is 6.62. The number of rotatable bonds is 7. The number of carbonyl (C=O) groups excluding carboxylic acids is 2. The Kier molecular flexibility index (Phi) is 11.7. The minimum atomic E-state index is -1.21. The lowest BCUT2D eigenvalue weighted by Crippen LogP contribution is -2.38. The van der Waals surface area contributed by atoms with Gasteiger partial charge in [-0.25, -0.2) is 9.59 Å². The standard InChI is InChI=1S/C17H17NO3.C14H20O3.C2H6/c1-12-9-14(10-12)16(19)13-7-8-18(11-13)17(20)21-15-5-3-2-4-6-15;1-6-11-7-9(2)12(10(3)8-11)17-14(4,5)13(15)16;1-2/h2-6,9-10,13H,7-8,11H2,1H3;7-8H,6H2,1-5H3,(H,15,16);1-2H3. The van der Waals surface area contributed by atoms with Crippen LogP contribution in [0.4, 0.5) is 4.79 Å². The van der Waals surface area contributed by atoms with Crippen molar-refractivity contribution in [2.45, 2.75) is 73.8 Å². The van der Waals surface area contributed by atoms with E-state index in [2.05, 4.69) is 6.92 Å². The number of Topliss-reactive ketones (excluding diaryl/α,β-unsaturated/α-hetero) is 1. The molecule has 0 spiro atoms. The number of para-hydroxylation sites is 1. The zero-order valence-electron chi connectivity index (χ0n) is 25.0. The van der Waals surface area contributed by atoms with Gasteiger partial charge in [0.2, 0.25) is 0 Å². The number of carbonyl (C=O) groups is 3. The van der Waals surface area contributed by atoms with Gasteiger partial charge in [0, 0.05) is 24.6 Å². The number of aliphatic carboxylic acids is 1. The van der Waals surface area contributed by atoms with Crippen LogP contribution in [0.5, 0.6) is 11.5 Å². The summed E-state index contributed by atoms with van der Waals surface area (Å²) in [7, 11) is 0. The Bertz CT molecular complexity index is 1240. The predicted octanol–water partition coefficient (Wildman–Crippen LogP) is 7.10. The molecule has 0 saturated carbocycles. The fourth-order valence-electron chi connectivity index (χ4n) is 4.35. The first kappa shape index (κ1) is 32.3. The smallest absolute Gasteiger partial charge is 0.415 e. The second-order valence-corrected chi connectivity index (χ2v) is 10.3. The normalized spacial score (nSPS) is 15.7. The van der Waals surface area contributed by atoms with Gasteiger partial charge in [-0.2, -0.15) is 0 Å². The molecule has 1 N–H and O–H groups in total. The summed E-state index contributed by atoms with van der Waals surface area (Å²) < 4.78 is 10.9. The highest BCUT2D eigenvalue weighted by molar-refractivity contribution is 6.02. The summed E-state index contributed by atoms with van der Waals surface area (Å²) in [6.07, 6.45) is 5.07. The van der Waals surface area contributed by atoms with Gasteiger partial charge in [-0.1, -0.05) is 51.1 Å². The number of hydrogen-bond donors (Lipinski definition) is 1. The topological polar surface area (TPSA) is 93.1 Å². The second-order valence-electron chi connectivity index (χ2n) is 10.3. The molecule has 40 heavy (non-hydrogen) atoms. The number of amides is 1. The van der Waals surface area contributed by atoms with Crippen molar-refractivity contribution in [3.63, 3.8) is 0 Å². The average Bonchev–Trinajstić information content (AvgIpc) is 3.41. The SMILES string of the molecule is CC.CC1=CC(C(=O)C2CCN(C(=O)Oc3ccccc3)C2)=C1.CCc1cc(C)c(OC(C)(C)C(=O)O)c(C)c1. The fraction of sp³-hybridized carbons (Fsp3) is 0.424. The number of likely N-dealkylation sites (tertiary alicyclic amines) is 1. The van der Waals surface area contributed by atoms with E-state index in [0.29, 0.717) is 31.0 Å². The number of allylic oxidation sites excluding steroid dienone is 4. The van der Waals surface area contributed by atoms with Crippen LogP contribution in [0, 0.1) is 19.8 Å². The third-order valence-electron chi connectivity index (χ3n) is 6.62. The van der Waals surface area contributed by atoms with Gasteiger partial charge in [0.25, 0.3) is 0 Å². The quantitative estimate of drug-likeness (QED) is 0.396. The van der Waals surface area contributed by atoms with E-state index in [4.69, 9.17) is 14.6 Å². The Hall–Kier alpha value is -3.87. The molecule has 4 rings (SSSR count). The van der Waals surface area contributed by atoms with Crippen LogP contribution in [0.15, 0.2) is 65.8 Å². The molecule has 1 aliphatic carbocycles. The summed E-state index contributed by atoms with van der Waals surface area (Å²) in [5, 5.41) is 9.06. The number of ketones is 1. The van der Waals surface area contributed by atoms with E-state index in [1.807, 2.05) is 77.1 Å². The van der Waals surface area contributed by atoms with Gasteiger partial charge in [0.15, 0.2) is 11.4 Å². The third kappa shape index (κ3) is 8.57. The van der Waals surface area contributed by atoms with Crippen molar-refractivity contribution in [2.24, 2.45) is 5.92 Å². The summed E-state index contributed by atoms with van der Waals surface area (Å²) in [4.78, 5) is 36.9. The van der Waals surface area contributed by atoms with Gasteiger partial charge in [-0.15, -0.1) is 0 Å². The van der Waals surface area contributed by atoms with Crippen molar-refractivity contribution in [3.05, 3.63) is 82.5 Å². The van der Waals surface area contributed by atoms with Crippen molar-refractivity contribution in [1.29, 1.82) is 0 Å². The summed E-state index contributed by atoms with van der Waals surface area (Å²) in [6.45, 7) is 16.1. The molecule has 7 heteroatoms. The number of hydrogen-bond acceptors (Lipinski definition) is 5. The number of aryl methyl sites for hydroxylation is 3. The zero-order chi connectivity index (χ0) is 30.0. The number of carboxylic acid groups (broad SMARTS) is 1. The van der Waals surface area contributed by atoms with Gasteiger partial charge in [-0.3, -0.25) is 4.79 Å². The van der Waals surface area contributed by atoms with Crippen LogP contribution in [-0.4, -0.2) is 46.5 Å². The molecule has 1 fully saturated rings. The molecule has 1 saturated heterocycles. The van der Waals surface area contributed by atoms with Crippen LogP contribution >= 0.6 is 0 Å². The van der Waals surface area contributed by atoms with Gasteiger partial charge in [0.05, 0.1) is 0 Å². The Morgan fingerprint density at radius 1 is 1.00 bits per heavy atom. The van der Waals surface area contributed by atoms with E-state index < -0.39 is 11.6 Å². The highest BCUT2D eigenvalue weighted by Crippen LogP contribution is 2.29. The lowest BCUT2D eigenvalue weighted by Gasteiger charge is -2.24. The van der Waals surface area contributed by atoms with E-state index in [9.17, 15) is 14.4 Å². The largest absolute Gasteiger partial charge is 0.478 e. The predicted molar refractivity (Wildman–Crippen MR) is 158 cm³/mol. The summed E-state index contributed by atoms with van der Waals surface area (Å²) in [5.74, 6) is 0.266. The maximum absolute atomic E-state index is 12.2. The first-order valence-corrected chi connectivity index (χ1v) is 13.9. The van der Waals surface area contributed by atoms with Crippen LogP contribution in [0.25, 0.3) is 0 Å². The highest BCUT2D eigenvalue weighted by Gasteiger charge is 2.34. The van der Waals surface area contributed by atoms with E-state index in [0.717, 1.165) is 28.7 Å². The molecular weight excluding hydrogens is 506 g/mol. The number of carboxylic acids is 1. The monoisotopic (exact) mass is 549 g/mol. The molecule has 1 unspecified atom stereocenters. The van der Waals surface area contributed by atoms with Crippen molar-refractivity contribution < 1.29 is 29.0 Å². The van der Waals surface area contributed by atoms with Gasteiger partial charge in [-0.05, 0) is 94.0 Å². The summed E-state index contributed by atoms with van der Waals surface area (Å²) in [6, 6.07) is 13.1. The van der Waals surface area contributed by atoms with Crippen molar-refractivity contribution >= 4 is 17.8 Å². The van der Waals surface area contributed by atoms with E-state index >= 15 is 0 Å². The average molecular weight is 550 g/mol. The molecule has 1 atom stereocenters. The van der Waals surface area contributed by atoms with Crippen molar-refractivity contribution in [2.75, 3.05) is 13.1 Å². The number of nitrogens with zero attached hydrogens (tertiary/aromatic N) is 1. The number of benzene rings is 2. The fourth-order valence-corrected chi connectivity index (χ4v) is 4.35. The van der Waals surface area contributed by atoms with Gasteiger partial charge >= 0.3 is 12.1 Å². The highest BCUT2D eigenvalue weighted by atomic mass is 16.6. The minimum Gasteiger partial charge on any atom is -0.478 e. The van der Waals surface area contributed by atoms with Gasteiger partial charge < -0.3 is 19.5 Å². The second kappa shape index (κ2) is 14.5. The molecule has 2 aliphatic rings. The van der Waals surface area contributed by atoms with Crippen LogP contribution in [0.2, 0.25) is 0 Å².